The molecule has 2 atom stereocenters. The van der Waals surface area contributed by atoms with Gasteiger partial charge in [-0.25, -0.2) is 9.07 Å². The number of benzene rings is 1. The Morgan fingerprint density at radius 1 is 1.28 bits per heavy atom. The van der Waals surface area contributed by atoms with Gasteiger partial charge in [0, 0.05) is 17.3 Å². The third-order valence-electron chi connectivity index (χ3n) is 4.72. The number of aliphatic carboxylic acids is 1. The van der Waals surface area contributed by atoms with Crippen LogP contribution in [0.2, 0.25) is 0 Å². The van der Waals surface area contributed by atoms with Crippen molar-refractivity contribution in [2.24, 2.45) is 5.92 Å². The topological polar surface area (TPSA) is 84.2 Å². The Morgan fingerprint density at radius 2 is 2.00 bits per heavy atom. The van der Waals surface area contributed by atoms with E-state index in [1.165, 1.54) is 17.7 Å². The molecule has 1 aromatic carbocycles. The summed E-state index contributed by atoms with van der Waals surface area (Å²) in [6.07, 6.45) is 2.31. The second-order valence-corrected chi connectivity index (χ2v) is 6.38. The lowest BCUT2D eigenvalue weighted by Crippen LogP contribution is -2.40. The molecule has 1 aromatic heterocycles. The Kier molecular flexibility index (Phi) is 4.57. The maximum absolute atomic E-state index is 14.1. The average molecular weight is 345 g/mol. The Hall–Kier alpha value is -2.70. The Balaban J connectivity index is 1.93. The summed E-state index contributed by atoms with van der Waals surface area (Å²) in [5.74, 6) is -2.52. The number of carboxylic acids is 1. The number of hydrogen-bond acceptors (Lipinski definition) is 3. The molecule has 3 rings (SSSR count). The average Bonchev–Trinajstić information content (AvgIpc) is 3.16. The van der Waals surface area contributed by atoms with Crippen LogP contribution in [0.25, 0.3) is 5.69 Å². The minimum absolute atomic E-state index is 0.250. The summed E-state index contributed by atoms with van der Waals surface area (Å²) in [4.78, 5) is 23.7. The molecule has 25 heavy (non-hydrogen) atoms. The number of hydrogen-bond donors (Lipinski definition) is 2. The molecule has 0 bridgehead atoms. The molecule has 0 aliphatic heterocycles. The van der Waals surface area contributed by atoms with E-state index in [4.69, 9.17) is 5.11 Å². The standard InChI is InChI=1S/C18H20FN3O3/c1-10(18(24)25)11(2)20-17(23)16-12-6-5-9-14(12)22(21-16)15-8-4-3-7-13(15)19/h3-4,7-8,10-11H,5-6,9H2,1-2H3,(H,20,23)(H,24,25). The molecule has 2 aromatic rings. The van der Waals surface area contributed by atoms with E-state index < -0.39 is 29.7 Å². The second-order valence-electron chi connectivity index (χ2n) is 6.38. The SMILES string of the molecule is CC(NC(=O)c1nn(-c2ccccc2F)c2c1CCC2)C(C)C(=O)O. The summed E-state index contributed by atoms with van der Waals surface area (Å²) in [7, 11) is 0. The van der Waals surface area contributed by atoms with Crippen molar-refractivity contribution >= 4 is 11.9 Å². The lowest BCUT2D eigenvalue weighted by Gasteiger charge is -2.17. The summed E-state index contributed by atoms with van der Waals surface area (Å²) in [5, 5.41) is 16.1. The molecule has 7 heteroatoms. The van der Waals surface area contributed by atoms with E-state index in [9.17, 15) is 14.0 Å². The van der Waals surface area contributed by atoms with Gasteiger partial charge in [0.05, 0.1) is 5.92 Å². The van der Waals surface area contributed by atoms with Gasteiger partial charge in [-0.1, -0.05) is 12.1 Å². The highest BCUT2D eigenvalue weighted by molar-refractivity contribution is 5.94. The molecular formula is C18H20FN3O3. The fraction of sp³-hybridized carbons (Fsp3) is 0.389. The van der Waals surface area contributed by atoms with Crippen LogP contribution in [0.15, 0.2) is 24.3 Å². The van der Waals surface area contributed by atoms with Gasteiger partial charge in [-0.05, 0) is 45.2 Å². The molecule has 1 amide bonds. The molecule has 2 N–H and O–H groups in total. The van der Waals surface area contributed by atoms with Crippen molar-refractivity contribution in [3.63, 3.8) is 0 Å². The van der Waals surface area contributed by atoms with Crippen LogP contribution < -0.4 is 5.32 Å². The highest BCUT2D eigenvalue weighted by atomic mass is 19.1. The summed E-state index contributed by atoms with van der Waals surface area (Å²) in [5.41, 5.74) is 2.22. The van der Waals surface area contributed by atoms with Gasteiger partial charge in [0.1, 0.15) is 11.5 Å². The van der Waals surface area contributed by atoms with Gasteiger partial charge in [-0.15, -0.1) is 0 Å². The van der Waals surface area contributed by atoms with Crippen LogP contribution in [-0.4, -0.2) is 32.8 Å². The first-order valence-corrected chi connectivity index (χ1v) is 8.29. The third kappa shape index (κ3) is 3.14. The van der Waals surface area contributed by atoms with Crippen LogP contribution in [0.5, 0.6) is 0 Å². The summed E-state index contributed by atoms with van der Waals surface area (Å²) >= 11 is 0. The summed E-state index contributed by atoms with van der Waals surface area (Å²) in [6.45, 7) is 3.18. The molecule has 1 aliphatic rings. The lowest BCUT2D eigenvalue weighted by atomic mass is 10.0. The molecule has 6 nitrogen and oxygen atoms in total. The number of nitrogens with zero attached hydrogens (tertiary/aromatic N) is 2. The number of rotatable bonds is 5. The quantitative estimate of drug-likeness (QED) is 0.871. The molecule has 1 aliphatic carbocycles. The number of carbonyl (C=O) groups is 2. The fourth-order valence-corrected chi connectivity index (χ4v) is 3.06. The summed E-state index contributed by atoms with van der Waals surface area (Å²) < 4.78 is 15.6. The third-order valence-corrected chi connectivity index (χ3v) is 4.72. The van der Waals surface area contributed by atoms with Crippen molar-refractivity contribution in [3.8, 4) is 5.69 Å². The van der Waals surface area contributed by atoms with Crippen LogP contribution in [0.3, 0.4) is 0 Å². The normalized spacial score (nSPS) is 15.5. The van der Waals surface area contributed by atoms with Crippen molar-refractivity contribution in [2.45, 2.75) is 39.2 Å². The number of amides is 1. The first-order chi connectivity index (χ1) is 11.9. The number of carbonyl (C=O) groups excluding carboxylic acids is 1. The fourth-order valence-electron chi connectivity index (χ4n) is 3.06. The highest BCUT2D eigenvalue weighted by Gasteiger charge is 2.29. The molecule has 0 fully saturated rings. The van der Waals surface area contributed by atoms with Crippen LogP contribution in [0, 0.1) is 11.7 Å². The van der Waals surface area contributed by atoms with Gasteiger partial charge in [0.2, 0.25) is 0 Å². The number of carboxylic acid groups (broad SMARTS) is 1. The van der Waals surface area contributed by atoms with E-state index in [0.29, 0.717) is 12.1 Å². The van der Waals surface area contributed by atoms with Crippen molar-refractivity contribution in [2.75, 3.05) is 0 Å². The highest BCUT2D eigenvalue weighted by Crippen LogP contribution is 2.28. The van der Waals surface area contributed by atoms with Gasteiger partial charge in [0.15, 0.2) is 5.69 Å². The molecule has 132 valence electrons. The van der Waals surface area contributed by atoms with E-state index in [1.54, 1.807) is 25.1 Å². The van der Waals surface area contributed by atoms with Gasteiger partial charge in [-0.2, -0.15) is 5.10 Å². The Morgan fingerprint density at radius 3 is 2.68 bits per heavy atom. The predicted molar refractivity (Wildman–Crippen MR) is 89.3 cm³/mol. The van der Waals surface area contributed by atoms with Crippen LogP contribution in [-0.2, 0) is 17.6 Å². The van der Waals surface area contributed by atoms with Crippen LogP contribution in [0.4, 0.5) is 4.39 Å². The van der Waals surface area contributed by atoms with Crippen molar-refractivity contribution in [1.82, 2.24) is 15.1 Å². The van der Waals surface area contributed by atoms with Gasteiger partial charge in [0.25, 0.3) is 5.91 Å². The minimum atomic E-state index is -0.977. The van der Waals surface area contributed by atoms with E-state index in [-0.39, 0.29) is 5.69 Å². The number of halogens is 1. The Bertz CT molecular complexity index is 831. The maximum Gasteiger partial charge on any atom is 0.308 e. The van der Waals surface area contributed by atoms with E-state index >= 15 is 0 Å². The monoisotopic (exact) mass is 345 g/mol. The van der Waals surface area contributed by atoms with Gasteiger partial charge in [-0.3, -0.25) is 9.59 Å². The number of nitrogens with one attached hydrogen (secondary N) is 1. The number of aromatic nitrogens is 2. The van der Waals surface area contributed by atoms with E-state index in [1.807, 2.05) is 0 Å². The first kappa shape index (κ1) is 17.1. The zero-order chi connectivity index (χ0) is 18.1. The van der Waals surface area contributed by atoms with Crippen molar-refractivity contribution in [1.29, 1.82) is 0 Å². The summed E-state index contributed by atoms with van der Waals surface area (Å²) in [6, 6.07) is 5.76. The van der Waals surface area contributed by atoms with Crippen LogP contribution in [0.1, 0.15) is 42.0 Å². The smallest absolute Gasteiger partial charge is 0.308 e. The number of fused-ring (bicyclic) bond motifs is 1. The van der Waals surface area contributed by atoms with E-state index in [0.717, 1.165) is 24.1 Å². The molecule has 0 radical (unpaired) electrons. The zero-order valence-corrected chi connectivity index (χ0v) is 14.1. The Labute approximate surface area is 144 Å². The van der Waals surface area contributed by atoms with Gasteiger partial charge >= 0.3 is 5.97 Å². The molecule has 2 unspecified atom stereocenters. The second kappa shape index (κ2) is 6.66. The molecule has 0 saturated carbocycles. The van der Waals surface area contributed by atoms with Crippen molar-refractivity contribution < 1.29 is 19.1 Å². The lowest BCUT2D eigenvalue weighted by molar-refractivity contribution is -0.141. The molecular weight excluding hydrogens is 325 g/mol. The number of para-hydroxylation sites is 1. The first-order valence-electron chi connectivity index (χ1n) is 8.29. The zero-order valence-electron chi connectivity index (χ0n) is 14.1. The predicted octanol–water partition coefficient (Wildman–Crippen LogP) is 2.34. The molecule has 0 spiro atoms. The largest absolute Gasteiger partial charge is 0.481 e. The van der Waals surface area contributed by atoms with Crippen molar-refractivity contribution in [3.05, 3.63) is 47.0 Å². The van der Waals surface area contributed by atoms with E-state index in [2.05, 4.69) is 10.4 Å². The van der Waals surface area contributed by atoms with Gasteiger partial charge < -0.3 is 10.4 Å². The molecule has 1 heterocycles. The van der Waals surface area contributed by atoms with Crippen LogP contribution >= 0.6 is 0 Å². The molecule has 0 saturated heterocycles. The minimum Gasteiger partial charge on any atom is -0.481 e. The maximum atomic E-state index is 14.1.